The molecule has 0 radical (unpaired) electrons. The normalized spacial score (nSPS) is 20.4. The van der Waals surface area contributed by atoms with Crippen LogP contribution in [0.3, 0.4) is 0 Å². The van der Waals surface area contributed by atoms with Crippen molar-refractivity contribution < 1.29 is 4.74 Å². The molecule has 1 aromatic carbocycles. The summed E-state index contributed by atoms with van der Waals surface area (Å²) in [4.78, 5) is 10.9. The van der Waals surface area contributed by atoms with Gasteiger partial charge in [-0.05, 0) is 51.7 Å². The predicted octanol–water partition coefficient (Wildman–Crippen LogP) is 2.58. The number of nitrogens with two attached hydrogens (primary N) is 2. The highest BCUT2D eigenvalue weighted by Crippen LogP contribution is 2.40. The number of aliphatic imine (C=N–C) groups is 2. The molecule has 1 spiro atoms. The van der Waals surface area contributed by atoms with Crippen molar-refractivity contribution in [3.8, 4) is 5.75 Å². The van der Waals surface area contributed by atoms with Crippen molar-refractivity contribution in [2.24, 2.45) is 21.5 Å². The standard InChI is InChI=1S/C17H25N5O/c1-12(2)23-14-8-6-7-13(11-14)22-16(19)20-15(18)21-17(22)9-4-3-5-10-17/h6-8,11-12H,3-5,9-10H2,1-2H3,(H4,18,19,20,21). The van der Waals surface area contributed by atoms with E-state index in [1.165, 1.54) is 6.42 Å². The highest BCUT2D eigenvalue weighted by atomic mass is 16.5. The zero-order valence-electron chi connectivity index (χ0n) is 13.8. The number of hydrogen-bond donors (Lipinski definition) is 2. The van der Waals surface area contributed by atoms with Crippen molar-refractivity contribution in [2.75, 3.05) is 4.90 Å². The first-order valence-corrected chi connectivity index (χ1v) is 8.27. The molecular weight excluding hydrogens is 290 g/mol. The van der Waals surface area contributed by atoms with Crippen molar-refractivity contribution in [3.05, 3.63) is 24.3 Å². The Morgan fingerprint density at radius 3 is 2.61 bits per heavy atom. The Bertz CT molecular complexity index is 632. The van der Waals surface area contributed by atoms with Crippen LogP contribution in [0.15, 0.2) is 34.3 Å². The van der Waals surface area contributed by atoms with Gasteiger partial charge >= 0.3 is 0 Å². The monoisotopic (exact) mass is 315 g/mol. The predicted molar refractivity (Wildman–Crippen MR) is 93.7 cm³/mol. The highest BCUT2D eigenvalue weighted by molar-refractivity contribution is 6.05. The molecule has 1 fully saturated rings. The number of rotatable bonds is 3. The zero-order valence-corrected chi connectivity index (χ0v) is 13.8. The van der Waals surface area contributed by atoms with Crippen LogP contribution in [0.25, 0.3) is 0 Å². The summed E-state index contributed by atoms with van der Waals surface area (Å²) in [7, 11) is 0. The molecular formula is C17H25N5O. The summed E-state index contributed by atoms with van der Waals surface area (Å²) in [6, 6.07) is 7.93. The van der Waals surface area contributed by atoms with Crippen LogP contribution in [0.5, 0.6) is 5.75 Å². The maximum atomic E-state index is 6.23. The lowest BCUT2D eigenvalue weighted by molar-refractivity contribution is 0.242. The van der Waals surface area contributed by atoms with Gasteiger partial charge in [-0.25, -0.2) is 4.99 Å². The topological polar surface area (TPSA) is 89.2 Å². The van der Waals surface area contributed by atoms with Gasteiger partial charge in [0, 0.05) is 11.8 Å². The second-order valence-corrected chi connectivity index (χ2v) is 6.48. The third kappa shape index (κ3) is 3.11. The van der Waals surface area contributed by atoms with E-state index in [0.717, 1.165) is 37.1 Å². The first-order valence-electron chi connectivity index (χ1n) is 8.27. The van der Waals surface area contributed by atoms with E-state index in [9.17, 15) is 0 Å². The molecule has 1 saturated carbocycles. The zero-order chi connectivity index (χ0) is 16.4. The van der Waals surface area contributed by atoms with Crippen LogP contribution >= 0.6 is 0 Å². The molecule has 3 rings (SSSR count). The van der Waals surface area contributed by atoms with E-state index in [1.54, 1.807) is 0 Å². The van der Waals surface area contributed by atoms with Crippen LogP contribution in [-0.4, -0.2) is 23.7 Å². The van der Waals surface area contributed by atoms with Gasteiger partial charge in [-0.2, -0.15) is 4.99 Å². The van der Waals surface area contributed by atoms with Gasteiger partial charge in [-0.1, -0.05) is 12.5 Å². The largest absolute Gasteiger partial charge is 0.491 e. The molecule has 0 unspecified atom stereocenters. The summed E-state index contributed by atoms with van der Waals surface area (Å²) >= 11 is 0. The molecule has 6 heteroatoms. The molecule has 0 saturated heterocycles. The fraction of sp³-hybridized carbons (Fsp3) is 0.529. The Labute approximate surface area is 137 Å². The molecule has 4 N–H and O–H groups in total. The lowest BCUT2D eigenvalue weighted by Crippen LogP contribution is -2.58. The number of benzene rings is 1. The van der Waals surface area contributed by atoms with Gasteiger partial charge in [-0.3, -0.25) is 4.90 Å². The molecule has 0 aromatic heterocycles. The van der Waals surface area contributed by atoms with Crippen LogP contribution in [0, 0.1) is 0 Å². The smallest absolute Gasteiger partial charge is 0.220 e. The number of guanidine groups is 2. The van der Waals surface area contributed by atoms with E-state index in [1.807, 2.05) is 43.0 Å². The van der Waals surface area contributed by atoms with Gasteiger partial charge in [0.25, 0.3) is 0 Å². The van der Waals surface area contributed by atoms with Crippen molar-refractivity contribution in [1.29, 1.82) is 0 Å². The minimum absolute atomic E-state index is 0.120. The molecule has 1 aromatic rings. The number of anilines is 1. The lowest BCUT2D eigenvalue weighted by atomic mass is 9.87. The van der Waals surface area contributed by atoms with Gasteiger partial charge < -0.3 is 16.2 Å². The average Bonchev–Trinajstić information content (AvgIpc) is 2.46. The van der Waals surface area contributed by atoms with Crippen LogP contribution in [0.4, 0.5) is 5.69 Å². The Morgan fingerprint density at radius 1 is 1.17 bits per heavy atom. The van der Waals surface area contributed by atoms with E-state index < -0.39 is 5.66 Å². The first-order chi connectivity index (χ1) is 11.0. The molecule has 0 amide bonds. The number of nitrogens with zero attached hydrogens (tertiary/aromatic N) is 3. The Kier molecular flexibility index (Phi) is 4.15. The van der Waals surface area contributed by atoms with Crippen molar-refractivity contribution in [3.63, 3.8) is 0 Å². The van der Waals surface area contributed by atoms with Crippen molar-refractivity contribution >= 4 is 17.6 Å². The molecule has 23 heavy (non-hydrogen) atoms. The summed E-state index contributed by atoms with van der Waals surface area (Å²) in [6.45, 7) is 4.02. The highest BCUT2D eigenvalue weighted by Gasteiger charge is 2.42. The number of hydrogen-bond acceptors (Lipinski definition) is 6. The van der Waals surface area contributed by atoms with Crippen molar-refractivity contribution in [2.45, 2.75) is 57.7 Å². The lowest BCUT2D eigenvalue weighted by Gasteiger charge is -2.45. The molecule has 0 atom stereocenters. The number of ether oxygens (including phenoxy) is 1. The third-order valence-corrected chi connectivity index (χ3v) is 4.30. The van der Waals surface area contributed by atoms with E-state index in [4.69, 9.17) is 16.2 Å². The van der Waals surface area contributed by atoms with Crippen LogP contribution in [0.1, 0.15) is 46.0 Å². The van der Waals surface area contributed by atoms with Gasteiger partial charge in [-0.15, -0.1) is 0 Å². The molecule has 2 aliphatic rings. The van der Waals surface area contributed by atoms with Crippen LogP contribution in [0.2, 0.25) is 0 Å². The maximum absolute atomic E-state index is 6.23. The van der Waals surface area contributed by atoms with Gasteiger partial charge in [0.2, 0.25) is 11.9 Å². The fourth-order valence-corrected chi connectivity index (χ4v) is 3.46. The molecule has 1 aliphatic carbocycles. The van der Waals surface area contributed by atoms with Crippen LogP contribution in [-0.2, 0) is 0 Å². The summed E-state index contributed by atoms with van der Waals surface area (Å²) in [5.41, 5.74) is 12.7. The average molecular weight is 315 g/mol. The Hall–Kier alpha value is -2.24. The second-order valence-electron chi connectivity index (χ2n) is 6.48. The first kappa shape index (κ1) is 15.6. The molecule has 1 aliphatic heterocycles. The summed E-state index contributed by atoms with van der Waals surface area (Å²) in [5, 5.41) is 0. The third-order valence-electron chi connectivity index (χ3n) is 4.30. The van der Waals surface area contributed by atoms with Crippen LogP contribution < -0.4 is 21.1 Å². The Morgan fingerprint density at radius 2 is 1.91 bits per heavy atom. The van der Waals surface area contributed by atoms with E-state index in [0.29, 0.717) is 5.96 Å². The van der Waals surface area contributed by atoms with E-state index in [-0.39, 0.29) is 12.1 Å². The summed E-state index contributed by atoms with van der Waals surface area (Å²) in [6.07, 6.45) is 5.43. The summed E-state index contributed by atoms with van der Waals surface area (Å²) in [5.74, 6) is 1.50. The minimum atomic E-state index is -0.412. The van der Waals surface area contributed by atoms with Gasteiger partial charge in [0.15, 0.2) is 0 Å². The summed E-state index contributed by atoms with van der Waals surface area (Å²) < 4.78 is 5.81. The minimum Gasteiger partial charge on any atom is -0.491 e. The molecule has 0 bridgehead atoms. The second kappa shape index (κ2) is 6.10. The molecule has 1 heterocycles. The molecule has 124 valence electrons. The quantitative estimate of drug-likeness (QED) is 0.897. The fourth-order valence-electron chi connectivity index (χ4n) is 3.46. The van der Waals surface area contributed by atoms with Gasteiger partial charge in [0.05, 0.1) is 6.10 Å². The molecule has 6 nitrogen and oxygen atoms in total. The van der Waals surface area contributed by atoms with E-state index in [2.05, 4.69) is 9.98 Å². The van der Waals surface area contributed by atoms with Gasteiger partial charge in [0.1, 0.15) is 11.4 Å². The Balaban J connectivity index is 2.00. The SMILES string of the molecule is CC(C)Oc1cccc(N2C(N)=NC(N)=NC23CCCCC3)c1. The van der Waals surface area contributed by atoms with E-state index >= 15 is 0 Å². The van der Waals surface area contributed by atoms with Crippen molar-refractivity contribution in [1.82, 2.24) is 0 Å². The maximum Gasteiger partial charge on any atom is 0.220 e.